The van der Waals surface area contributed by atoms with E-state index in [1.807, 2.05) is 0 Å². The number of hydrogen-bond donors (Lipinski definition) is 6. The summed E-state index contributed by atoms with van der Waals surface area (Å²) in [7, 11) is -8.50. The third-order valence-electron chi connectivity index (χ3n) is 6.37. The molecule has 0 amide bonds. The normalized spacial score (nSPS) is 14.9. The van der Waals surface area contributed by atoms with Gasteiger partial charge in [0, 0.05) is 24.2 Å². The molecule has 2 aromatic carbocycles. The first-order chi connectivity index (χ1) is 20.8. The Morgan fingerprint density at radius 1 is 0.667 bits per heavy atom. The average molecular weight is 688 g/mol. The van der Waals surface area contributed by atoms with Crippen LogP contribution in [0.25, 0.3) is 0 Å². The number of rotatable bonds is 14. The van der Waals surface area contributed by atoms with Crippen LogP contribution in [-0.2, 0) is 32.9 Å². The van der Waals surface area contributed by atoms with Gasteiger partial charge < -0.3 is 30.2 Å². The van der Waals surface area contributed by atoms with E-state index >= 15 is 0 Å². The van der Waals surface area contributed by atoms with Crippen LogP contribution in [0.1, 0.15) is 38.8 Å². The maximum atomic E-state index is 12.5. The second-order valence-corrected chi connectivity index (χ2v) is 14.2. The molecule has 1 aromatic heterocycles. The van der Waals surface area contributed by atoms with Gasteiger partial charge in [0.05, 0.1) is 47.3 Å². The fourth-order valence-electron chi connectivity index (χ4n) is 4.82. The zero-order valence-corrected chi connectivity index (χ0v) is 27.5. The van der Waals surface area contributed by atoms with Gasteiger partial charge in [-0.25, -0.2) is 27.1 Å². The van der Waals surface area contributed by atoms with Crippen molar-refractivity contribution in [3.63, 3.8) is 0 Å². The van der Waals surface area contributed by atoms with Crippen LogP contribution in [0.5, 0.6) is 0 Å². The average Bonchev–Trinajstić information content (AvgIpc) is 2.88. The van der Waals surface area contributed by atoms with Gasteiger partial charge in [0.15, 0.2) is 0 Å². The summed E-state index contributed by atoms with van der Waals surface area (Å²) < 4.78 is 50.0. The first-order valence-corrected chi connectivity index (χ1v) is 17.2. The Labute approximate surface area is 267 Å². The molecule has 0 saturated carbocycles. The van der Waals surface area contributed by atoms with E-state index in [4.69, 9.17) is 21.9 Å². The molecule has 1 heterocycles. The lowest BCUT2D eigenvalue weighted by atomic mass is 10.0. The minimum Gasteiger partial charge on any atom is -0.393 e. The number of benzene rings is 2. The highest BCUT2D eigenvalue weighted by atomic mass is 35.5. The maximum Gasteiger partial charge on any atom is 0.238 e. The Balaban J connectivity index is 2.36. The highest BCUT2D eigenvalue weighted by Gasteiger charge is 2.28. The monoisotopic (exact) mass is 687 g/mol. The zero-order chi connectivity index (χ0) is 33.9. The minimum absolute atomic E-state index is 0.134. The summed E-state index contributed by atoms with van der Waals surface area (Å²) in [6, 6.07) is 8.51. The first kappa shape index (κ1) is 36.5. The molecule has 0 aliphatic heterocycles. The molecule has 0 saturated heterocycles. The Morgan fingerprint density at radius 2 is 1.02 bits per heavy atom. The van der Waals surface area contributed by atoms with Crippen molar-refractivity contribution in [2.45, 2.75) is 74.7 Å². The molecular formula is C27H38ClN7O8S2. The zero-order valence-electron chi connectivity index (χ0n) is 25.1. The molecule has 15 nitrogen and oxygen atoms in total. The summed E-state index contributed by atoms with van der Waals surface area (Å²) >= 11 is 6.39. The molecular weight excluding hydrogens is 650 g/mol. The standard InChI is InChI=1S/C27H38ClN7O8S2/c1-15(36)11-19-21(7-5-9-23(19)44(29,40)41)34(13-17(3)38)26-31-25(28)32-27(33-26)35(14-18(4)39)22-8-6-10-24(45(30,42)43)20(22)12-16(2)37/h5-10,15-18,36-39H,11-14H2,1-4H3,(H2,29,40,41)(H2,30,42,43). The number of aromatic nitrogens is 3. The Kier molecular flexibility index (Phi) is 11.8. The number of anilines is 4. The van der Waals surface area contributed by atoms with E-state index in [2.05, 4.69) is 15.0 Å². The van der Waals surface area contributed by atoms with E-state index in [1.54, 1.807) is 0 Å². The Bertz CT molecular complexity index is 1600. The van der Waals surface area contributed by atoms with Crippen LogP contribution in [0.2, 0.25) is 5.28 Å². The lowest BCUT2D eigenvalue weighted by molar-refractivity contribution is 0.193. The van der Waals surface area contributed by atoms with E-state index in [0.29, 0.717) is 0 Å². The summed E-state index contributed by atoms with van der Waals surface area (Å²) in [5.74, 6) is -0.306. The number of nitrogens with two attached hydrogens (primary N) is 2. The number of aliphatic hydroxyl groups excluding tert-OH is 4. The van der Waals surface area contributed by atoms with E-state index in [1.165, 1.54) is 73.9 Å². The number of hydrogen-bond acceptors (Lipinski definition) is 13. The van der Waals surface area contributed by atoms with Gasteiger partial charge in [-0.2, -0.15) is 15.0 Å². The van der Waals surface area contributed by atoms with Gasteiger partial charge in [0.1, 0.15) is 0 Å². The molecule has 0 spiro atoms. The molecule has 0 bridgehead atoms. The van der Waals surface area contributed by atoms with Crippen molar-refractivity contribution in [2.24, 2.45) is 10.3 Å². The highest BCUT2D eigenvalue weighted by molar-refractivity contribution is 7.89. The van der Waals surface area contributed by atoms with Crippen LogP contribution >= 0.6 is 11.6 Å². The first-order valence-electron chi connectivity index (χ1n) is 13.8. The topological polar surface area (TPSA) is 246 Å². The Hall–Kier alpha value is -3.00. The second-order valence-electron chi connectivity index (χ2n) is 10.8. The molecule has 3 rings (SSSR count). The molecule has 248 valence electrons. The van der Waals surface area contributed by atoms with Crippen molar-refractivity contribution in [3.8, 4) is 0 Å². The van der Waals surface area contributed by atoms with Gasteiger partial charge >= 0.3 is 0 Å². The summed E-state index contributed by atoms with van der Waals surface area (Å²) in [6.07, 6.45) is -4.28. The SMILES string of the molecule is CC(O)Cc1c(N(CC(C)O)c2nc(Cl)nc(N(CC(C)O)c3cccc(S(N)(=O)=O)c3CC(C)O)n2)cccc1S(N)(=O)=O. The van der Waals surface area contributed by atoms with Gasteiger partial charge in [-0.3, -0.25) is 0 Å². The molecule has 0 radical (unpaired) electrons. The number of nitrogens with zero attached hydrogens (tertiary/aromatic N) is 5. The third kappa shape index (κ3) is 9.50. The number of primary sulfonamides is 2. The summed E-state index contributed by atoms with van der Waals surface area (Å²) in [5.41, 5.74) is 0.665. The predicted molar refractivity (Wildman–Crippen MR) is 169 cm³/mol. The lowest BCUT2D eigenvalue weighted by Gasteiger charge is -2.30. The van der Waals surface area contributed by atoms with Crippen molar-refractivity contribution < 1.29 is 37.3 Å². The van der Waals surface area contributed by atoms with Crippen molar-refractivity contribution in [2.75, 3.05) is 22.9 Å². The van der Waals surface area contributed by atoms with E-state index in [9.17, 15) is 37.3 Å². The van der Waals surface area contributed by atoms with E-state index < -0.39 is 44.5 Å². The van der Waals surface area contributed by atoms with Gasteiger partial charge in [0.25, 0.3) is 0 Å². The molecule has 0 aliphatic carbocycles. The smallest absolute Gasteiger partial charge is 0.238 e. The summed E-state index contributed by atoms with van der Waals surface area (Å²) in [4.78, 5) is 15.3. The molecule has 4 unspecified atom stereocenters. The van der Waals surface area contributed by atoms with Crippen molar-refractivity contribution in [3.05, 3.63) is 52.8 Å². The van der Waals surface area contributed by atoms with Gasteiger partial charge in [-0.15, -0.1) is 0 Å². The van der Waals surface area contributed by atoms with Crippen LogP contribution in [-0.4, -0.2) is 89.7 Å². The molecule has 4 atom stereocenters. The van der Waals surface area contributed by atoms with Gasteiger partial charge in [-0.1, -0.05) is 12.1 Å². The van der Waals surface area contributed by atoms with Crippen molar-refractivity contribution in [1.82, 2.24) is 15.0 Å². The fraction of sp³-hybridized carbons (Fsp3) is 0.444. The molecule has 3 aromatic rings. The molecule has 8 N–H and O–H groups in total. The van der Waals surface area contributed by atoms with E-state index in [-0.39, 0.29) is 75.4 Å². The molecule has 18 heteroatoms. The van der Waals surface area contributed by atoms with Gasteiger partial charge in [0.2, 0.25) is 37.2 Å². The predicted octanol–water partition coefficient (Wildman–Crippen LogP) is 0.704. The minimum atomic E-state index is -4.25. The van der Waals surface area contributed by atoms with E-state index in [0.717, 1.165) is 0 Å². The third-order valence-corrected chi connectivity index (χ3v) is 8.53. The maximum absolute atomic E-state index is 12.5. The molecule has 0 fully saturated rings. The number of aliphatic hydroxyl groups is 4. The second kappa shape index (κ2) is 14.6. The molecule has 45 heavy (non-hydrogen) atoms. The van der Waals surface area contributed by atoms with Crippen LogP contribution < -0.4 is 20.1 Å². The van der Waals surface area contributed by atoms with Crippen LogP contribution in [0, 0.1) is 0 Å². The number of halogens is 1. The molecule has 0 aliphatic rings. The largest absolute Gasteiger partial charge is 0.393 e. The van der Waals surface area contributed by atoms with Crippen LogP contribution in [0.15, 0.2) is 46.2 Å². The van der Waals surface area contributed by atoms with Crippen molar-refractivity contribution >= 4 is 54.9 Å². The number of sulfonamides is 2. The summed E-state index contributed by atoms with van der Waals surface area (Å²) in [5, 5.41) is 52.0. The Morgan fingerprint density at radius 3 is 1.31 bits per heavy atom. The van der Waals surface area contributed by atoms with Crippen LogP contribution in [0.3, 0.4) is 0 Å². The summed E-state index contributed by atoms with van der Waals surface area (Å²) in [6.45, 7) is 5.55. The quantitative estimate of drug-likeness (QED) is 0.137. The van der Waals surface area contributed by atoms with Gasteiger partial charge in [-0.05, 0) is 74.7 Å². The van der Waals surface area contributed by atoms with Crippen molar-refractivity contribution in [1.29, 1.82) is 0 Å². The van der Waals surface area contributed by atoms with Crippen LogP contribution in [0.4, 0.5) is 23.3 Å². The lowest BCUT2D eigenvalue weighted by Crippen LogP contribution is -2.33. The highest BCUT2D eigenvalue weighted by Crippen LogP contribution is 2.36. The fourth-order valence-corrected chi connectivity index (χ4v) is 6.57.